The number of carbonyl (C=O) groups excluding carboxylic acids is 1. The average Bonchev–Trinajstić information content (AvgIpc) is 2.06. The molecule has 1 amide bonds. The highest BCUT2D eigenvalue weighted by molar-refractivity contribution is 5.76. The van der Waals surface area contributed by atoms with E-state index in [-0.39, 0.29) is 5.91 Å². The van der Waals surface area contributed by atoms with Gasteiger partial charge in [-0.3, -0.25) is 14.9 Å². The first-order valence-electron chi connectivity index (χ1n) is 4.19. The van der Waals surface area contributed by atoms with E-state index in [0.29, 0.717) is 11.6 Å². The first kappa shape index (κ1) is 9.48. The minimum Gasteiger partial charge on any atom is -0.294 e. The van der Waals surface area contributed by atoms with Crippen molar-refractivity contribution in [3.63, 3.8) is 0 Å². The largest absolute Gasteiger partial charge is 0.294 e. The topological polar surface area (TPSA) is 43.8 Å². The first-order valence-corrected chi connectivity index (χ1v) is 4.19. The van der Waals surface area contributed by atoms with E-state index >= 15 is 0 Å². The van der Waals surface area contributed by atoms with Crippen LogP contribution < -0.4 is 0 Å². The summed E-state index contributed by atoms with van der Waals surface area (Å²) in [7, 11) is 1.36. The molecule has 0 bridgehead atoms. The van der Waals surface area contributed by atoms with E-state index < -0.39 is 0 Å². The Balaban J connectivity index is 2.24. The molecule has 0 atom stereocenters. The van der Waals surface area contributed by atoms with Gasteiger partial charge in [-0.1, -0.05) is 0 Å². The molecule has 1 rings (SSSR count). The molecule has 1 aliphatic heterocycles. The monoisotopic (exact) mass is 171 g/mol. The number of likely N-dealkylation sites (tertiary alicyclic amines) is 1. The van der Waals surface area contributed by atoms with Gasteiger partial charge in [0.2, 0.25) is 0 Å². The lowest BCUT2D eigenvalue weighted by molar-refractivity contribution is -0.160. The van der Waals surface area contributed by atoms with E-state index in [2.05, 4.69) is 11.3 Å². The average molecular weight is 171 g/mol. The molecule has 12 heavy (non-hydrogen) atoms. The van der Waals surface area contributed by atoms with Gasteiger partial charge >= 0.3 is 0 Å². The number of amides is 1. The number of rotatable bonds is 2. The van der Waals surface area contributed by atoms with Gasteiger partial charge in [0.1, 0.15) is 0 Å². The predicted molar refractivity (Wildman–Crippen MR) is 44.5 cm³/mol. The highest BCUT2D eigenvalue weighted by Gasteiger charge is 2.15. The summed E-state index contributed by atoms with van der Waals surface area (Å²) in [6.45, 7) is 2.19. The second kappa shape index (κ2) is 4.42. The van der Waals surface area contributed by atoms with Crippen LogP contribution in [0.2, 0.25) is 0 Å². The number of hydrogen-bond donors (Lipinski definition) is 1. The van der Waals surface area contributed by atoms with Crippen molar-refractivity contribution >= 4 is 5.91 Å². The molecule has 69 valence electrons. The van der Waals surface area contributed by atoms with Gasteiger partial charge in [0.05, 0.1) is 6.54 Å². The van der Waals surface area contributed by atoms with Crippen LogP contribution in [0.3, 0.4) is 0 Å². The Morgan fingerprint density at radius 3 is 2.67 bits per heavy atom. The molecule has 1 fully saturated rings. The minimum absolute atomic E-state index is 0.239. The minimum atomic E-state index is -0.239. The van der Waals surface area contributed by atoms with E-state index in [9.17, 15) is 4.79 Å². The molecule has 0 saturated carbocycles. The molecule has 1 heterocycles. The smallest absolute Gasteiger partial charge is 0.259 e. The summed E-state index contributed by atoms with van der Waals surface area (Å²) in [5.74, 6) is -0.239. The fourth-order valence-electron chi connectivity index (χ4n) is 1.26. The zero-order valence-corrected chi connectivity index (χ0v) is 7.36. The molecule has 0 aromatic heterocycles. The van der Waals surface area contributed by atoms with E-state index in [4.69, 9.17) is 5.21 Å². The van der Waals surface area contributed by atoms with Crippen LogP contribution >= 0.6 is 0 Å². The molecular formula is C8H15N2O2. The second-order valence-electron chi connectivity index (χ2n) is 3.06. The molecule has 1 saturated heterocycles. The van der Waals surface area contributed by atoms with E-state index in [1.165, 1.54) is 7.05 Å². The summed E-state index contributed by atoms with van der Waals surface area (Å²) < 4.78 is 0. The summed E-state index contributed by atoms with van der Waals surface area (Å²) in [5.41, 5.74) is 0. The number of likely N-dealkylation sites (N-methyl/N-ethyl adjacent to an activating group) is 1. The number of nitrogens with zero attached hydrogens (tertiary/aromatic N) is 2. The van der Waals surface area contributed by atoms with Crippen molar-refractivity contribution in [1.82, 2.24) is 9.96 Å². The zero-order chi connectivity index (χ0) is 8.97. The van der Waals surface area contributed by atoms with Crippen LogP contribution in [0.4, 0.5) is 0 Å². The fourth-order valence-corrected chi connectivity index (χ4v) is 1.26. The van der Waals surface area contributed by atoms with Crippen molar-refractivity contribution in [3.8, 4) is 0 Å². The first-order chi connectivity index (χ1) is 5.70. The van der Waals surface area contributed by atoms with E-state index in [1.54, 1.807) is 0 Å². The van der Waals surface area contributed by atoms with E-state index in [1.807, 2.05) is 0 Å². The van der Waals surface area contributed by atoms with Gasteiger partial charge in [0.25, 0.3) is 5.91 Å². The molecule has 0 aliphatic carbocycles. The van der Waals surface area contributed by atoms with Crippen molar-refractivity contribution in [2.24, 2.45) is 0 Å². The van der Waals surface area contributed by atoms with Crippen LogP contribution in [0.5, 0.6) is 0 Å². The van der Waals surface area contributed by atoms with Crippen molar-refractivity contribution in [2.75, 3.05) is 26.7 Å². The summed E-state index contributed by atoms with van der Waals surface area (Å²) in [6, 6.07) is 0. The van der Waals surface area contributed by atoms with Crippen molar-refractivity contribution < 1.29 is 10.0 Å². The Bertz CT molecular complexity index is 153. The van der Waals surface area contributed by atoms with Crippen LogP contribution in [-0.2, 0) is 4.79 Å². The number of hydroxylamine groups is 2. The van der Waals surface area contributed by atoms with Gasteiger partial charge in [-0.15, -0.1) is 0 Å². The lowest BCUT2D eigenvalue weighted by atomic mass is 10.1. The summed E-state index contributed by atoms with van der Waals surface area (Å²) in [6.07, 6.45) is 4.31. The van der Waals surface area contributed by atoms with Crippen LogP contribution in [0.25, 0.3) is 0 Å². The molecule has 1 N–H and O–H groups in total. The third kappa shape index (κ3) is 2.79. The summed E-state index contributed by atoms with van der Waals surface area (Å²) in [4.78, 5) is 13.1. The van der Waals surface area contributed by atoms with Gasteiger partial charge in [-0.2, -0.15) is 0 Å². The maximum absolute atomic E-state index is 11.0. The third-order valence-electron chi connectivity index (χ3n) is 2.02. The van der Waals surface area contributed by atoms with Crippen LogP contribution in [0, 0.1) is 6.42 Å². The third-order valence-corrected chi connectivity index (χ3v) is 2.02. The van der Waals surface area contributed by atoms with Crippen LogP contribution in [0.15, 0.2) is 0 Å². The Labute approximate surface area is 72.7 Å². The van der Waals surface area contributed by atoms with Crippen LogP contribution in [0.1, 0.15) is 12.8 Å². The van der Waals surface area contributed by atoms with Gasteiger partial charge in [0.15, 0.2) is 0 Å². The number of hydrogen-bond acceptors (Lipinski definition) is 3. The molecular weight excluding hydrogens is 156 g/mol. The molecule has 0 aromatic carbocycles. The van der Waals surface area contributed by atoms with Crippen molar-refractivity contribution in [1.29, 1.82) is 0 Å². The predicted octanol–water partition coefficient (Wildman–Crippen LogP) is 0.134. The number of piperidine rings is 1. The maximum Gasteiger partial charge on any atom is 0.259 e. The standard InChI is InChI=1S/C8H15N2O2/c1-9(12)8(11)7-10-5-3-2-4-6-10/h2,12H,3-7H2,1H3. The van der Waals surface area contributed by atoms with Gasteiger partial charge in [-0.05, 0) is 32.4 Å². The van der Waals surface area contributed by atoms with Crippen molar-refractivity contribution in [2.45, 2.75) is 12.8 Å². The van der Waals surface area contributed by atoms with Gasteiger partial charge in [-0.25, -0.2) is 5.06 Å². The fraction of sp³-hybridized carbons (Fsp3) is 0.750. The lowest BCUT2D eigenvalue weighted by Crippen LogP contribution is -2.39. The quantitative estimate of drug-likeness (QED) is 0.474. The zero-order valence-electron chi connectivity index (χ0n) is 7.36. The maximum atomic E-state index is 11.0. The van der Waals surface area contributed by atoms with Gasteiger partial charge in [0, 0.05) is 7.05 Å². The molecule has 0 aromatic rings. The Kier molecular flexibility index (Phi) is 3.49. The highest BCUT2D eigenvalue weighted by atomic mass is 16.5. The molecule has 1 radical (unpaired) electrons. The van der Waals surface area contributed by atoms with Crippen LogP contribution in [-0.4, -0.2) is 47.8 Å². The normalized spacial score (nSPS) is 19.2. The summed E-state index contributed by atoms with van der Waals surface area (Å²) >= 11 is 0. The summed E-state index contributed by atoms with van der Waals surface area (Å²) in [5, 5.41) is 9.45. The lowest BCUT2D eigenvalue weighted by Gasteiger charge is -2.26. The Morgan fingerprint density at radius 1 is 1.58 bits per heavy atom. The molecule has 4 heteroatoms. The molecule has 4 nitrogen and oxygen atoms in total. The molecule has 0 unspecified atom stereocenters. The SMILES string of the molecule is CN(O)C(=O)CN1CC[CH]CC1. The van der Waals surface area contributed by atoms with E-state index in [0.717, 1.165) is 25.9 Å². The van der Waals surface area contributed by atoms with Crippen molar-refractivity contribution in [3.05, 3.63) is 6.42 Å². The second-order valence-corrected chi connectivity index (χ2v) is 3.06. The number of carbonyl (C=O) groups is 1. The van der Waals surface area contributed by atoms with Gasteiger partial charge < -0.3 is 0 Å². The Hall–Kier alpha value is -0.610. The Morgan fingerprint density at radius 2 is 2.17 bits per heavy atom. The highest BCUT2D eigenvalue weighted by Crippen LogP contribution is 2.06. The molecule has 1 aliphatic rings. The molecule has 0 spiro atoms.